The molecule has 0 aliphatic carbocycles. The molecular weight excluding hydrogens is 358 g/mol. The lowest BCUT2D eigenvalue weighted by Gasteiger charge is -2.19. The SMILES string of the molecule is COc1ccccc1NC(=O)c1cncc(Nc2ccc3c(c2)OCCO3)c1. The minimum absolute atomic E-state index is 0.275. The van der Waals surface area contributed by atoms with Gasteiger partial charge in [-0.3, -0.25) is 9.78 Å². The van der Waals surface area contributed by atoms with Crippen LogP contribution in [-0.2, 0) is 0 Å². The zero-order valence-corrected chi connectivity index (χ0v) is 15.3. The number of hydrogen-bond donors (Lipinski definition) is 2. The number of nitrogens with zero attached hydrogens (tertiary/aromatic N) is 1. The van der Waals surface area contributed by atoms with Gasteiger partial charge in [-0.15, -0.1) is 0 Å². The lowest BCUT2D eigenvalue weighted by atomic mass is 10.2. The number of pyridine rings is 1. The van der Waals surface area contributed by atoms with Crippen molar-refractivity contribution in [1.29, 1.82) is 0 Å². The first-order valence-corrected chi connectivity index (χ1v) is 8.79. The second-order valence-corrected chi connectivity index (χ2v) is 6.10. The first-order valence-electron chi connectivity index (χ1n) is 8.79. The Hall–Kier alpha value is -3.74. The Morgan fingerprint density at radius 1 is 1.00 bits per heavy atom. The molecule has 4 rings (SSSR count). The van der Waals surface area contributed by atoms with E-state index in [-0.39, 0.29) is 5.91 Å². The number of benzene rings is 2. The van der Waals surface area contributed by atoms with E-state index in [1.54, 1.807) is 31.5 Å². The highest BCUT2D eigenvalue weighted by molar-refractivity contribution is 6.05. The summed E-state index contributed by atoms with van der Waals surface area (Å²) in [5, 5.41) is 6.07. The van der Waals surface area contributed by atoms with Crippen molar-refractivity contribution in [2.45, 2.75) is 0 Å². The highest BCUT2D eigenvalue weighted by atomic mass is 16.6. The molecule has 0 atom stereocenters. The molecule has 2 heterocycles. The number of anilines is 3. The zero-order chi connectivity index (χ0) is 19.3. The quantitative estimate of drug-likeness (QED) is 0.703. The Labute approximate surface area is 162 Å². The third kappa shape index (κ3) is 3.83. The van der Waals surface area contributed by atoms with E-state index >= 15 is 0 Å². The predicted molar refractivity (Wildman–Crippen MR) is 106 cm³/mol. The normalized spacial score (nSPS) is 12.2. The van der Waals surface area contributed by atoms with Gasteiger partial charge in [-0.05, 0) is 30.3 Å². The van der Waals surface area contributed by atoms with E-state index < -0.39 is 0 Å². The molecule has 1 amide bonds. The van der Waals surface area contributed by atoms with Crippen LogP contribution in [0.4, 0.5) is 17.1 Å². The summed E-state index contributed by atoms with van der Waals surface area (Å²) in [7, 11) is 1.56. The van der Waals surface area contributed by atoms with Gasteiger partial charge in [0, 0.05) is 18.0 Å². The Balaban J connectivity index is 1.50. The topological polar surface area (TPSA) is 81.7 Å². The number of hydrogen-bond acceptors (Lipinski definition) is 6. The molecule has 0 radical (unpaired) electrons. The minimum Gasteiger partial charge on any atom is -0.495 e. The van der Waals surface area contributed by atoms with E-state index in [4.69, 9.17) is 14.2 Å². The first kappa shape index (κ1) is 17.7. The van der Waals surface area contributed by atoms with Crippen LogP contribution < -0.4 is 24.8 Å². The number of rotatable bonds is 5. The van der Waals surface area contributed by atoms with E-state index in [2.05, 4.69) is 15.6 Å². The zero-order valence-electron chi connectivity index (χ0n) is 15.3. The summed E-state index contributed by atoms with van der Waals surface area (Å²) in [4.78, 5) is 16.8. The summed E-state index contributed by atoms with van der Waals surface area (Å²) < 4.78 is 16.4. The smallest absolute Gasteiger partial charge is 0.257 e. The van der Waals surface area contributed by atoms with Crippen molar-refractivity contribution < 1.29 is 19.0 Å². The molecule has 0 unspecified atom stereocenters. The van der Waals surface area contributed by atoms with E-state index in [9.17, 15) is 4.79 Å². The van der Waals surface area contributed by atoms with Gasteiger partial charge in [-0.1, -0.05) is 12.1 Å². The van der Waals surface area contributed by atoms with Gasteiger partial charge in [-0.25, -0.2) is 0 Å². The summed E-state index contributed by atoms with van der Waals surface area (Å²) in [6.45, 7) is 1.07. The fraction of sp³-hybridized carbons (Fsp3) is 0.143. The van der Waals surface area contributed by atoms with Crippen LogP contribution in [0, 0.1) is 0 Å². The van der Waals surface area contributed by atoms with Crippen molar-refractivity contribution in [1.82, 2.24) is 4.98 Å². The van der Waals surface area contributed by atoms with Gasteiger partial charge >= 0.3 is 0 Å². The number of carbonyl (C=O) groups is 1. The Morgan fingerprint density at radius 2 is 1.82 bits per heavy atom. The van der Waals surface area contributed by atoms with Gasteiger partial charge < -0.3 is 24.8 Å². The fourth-order valence-electron chi connectivity index (χ4n) is 2.86. The standard InChI is InChI=1S/C21H19N3O4/c1-26-18-5-3-2-4-17(18)24-21(25)14-10-16(13-22-12-14)23-15-6-7-19-20(11-15)28-9-8-27-19/h2-7,10-13,23H,8-9H2,1H3,(H,24,25). The largest absolute Gasteiger partial charge is 0.495 e. The Bertz CT molecular complexity index is 1010. The van der Waals surface area contributed by atoms with Crippen LogP contribution in [-0.4, -0.2) is 31.2 Å². The molecule has 0 fully saturated rings. The maximum Gasteiger partial charge on any atom is 0.257 e. The van der Waals surface area contributed by atoms with Gasteiger partial charge in [0.05, 0.1) is 30.2 Å². The predicted octanol–water partition coefficient (Wildman–Crippen LogP) is 3.86. The number of amides is 1. The molecule has 1 aliphatic rings. The number of carbonyl (C=O) groups excluding carboxylic acids is 1. The number of methoxy groups -OCH3 is 1. The molecular formula is C21H19N3O4. The van der Waals surface area contributed by atoms with Gasteiger partial charge in [0.25, 0.3) is 5.91 Å². The Kier molecular flexibility index (Phi) is 4.97. The van der Waals surface area contributed by atoms with Crippen molar-refractivity contribution in [3.8, 4) is 17.2 Å². The van der Waals surface area contributed by atoms with Crippen LogP contribution in [0.25, 0.3) is 0 Å². The van der Waals surface area contributed by atoms with E-state index in [0.717, 1.165) is 11.4 Å². The summed E-state index contributed by atoms with van der Waals surface area (Å²) in [6, 6.07) is 14.6. The molecule has 7 nitrogen and oxygen atoms in total. The fourth-order valence-corrected chi connectivity index (χ4v) is 2.86. The van der Waals surface area contributed by atoms with Gasteiger partial charge in [0.2, 0.25) is 0 Å². The van der Waals surface area contributed by atoms with Gasteiger partial charge in [0.1, 0.15) is 19.0 Å². The highest BCUT2D eigenvalue weighted by Gasteiger charge is 2.13. The van der Waals surface area contributed by atoms with Crippen LogP contribution >= 0.6 is 0 Å². The van der Waals surface area contributed by atoms with Gasteiger partial charge in [-0.2, -0.15) is 0 Å². The van der Waals surface area contributed by atoms with Crippen LogP contribution in [0.1, 0.15) is 10.4 Å². The maximum absolute atomic E-state index is 12.6. The summed E-state index contributed by atoms with van der Waals surface area (Å²) in [5.41, 5.74) is 2.52. The monoisotopic (exact) mass is 377 g/mol. The molecule has 0 bridgehead atoms. The molecule has 142 valence electrons. The molecule has 7 heteroatoms. The summed E-state index contributed by atoms with van der Waals surface area (Å²) in [6.07, 6.45) is 3.16. The number of ether oxygens (including phenoxy) is 3. The number of nitrogens with one attached hydrogen (secondary N) is 2. The van der Waals surface area contributed by atoms with Crippen LogP contribution in [0.3, 0.4) is 0 Å². The van der Waals surface area contributed by atoms with E-state index in [0.29, 0.717) is 41.7 Å². The lowest BCUT2D eigenvalue weighted by molar-refractivity contribution is 0.102. The van der Waals surface area contributed by atoms with E-state index in [1.165, 1.54) is 6.20 Å². The summed E-state index contributed by atoms with van der Waals surface area (Å²) >= 11 is 0. The second kappa shape index (κ2) is 7.87. The molecule has 28 heavy (non-hydrogen) atoms. The van der Waals surface area contributed by atoms with E-state index in [1.807, 2.05) is 30.3 Å². The highest BCUT2D eigenvalue weighted by Crippen LogP contribution is 2.33. The molecule has 3 aromatic rings. The second-order valence-electron chi connectivity index (χ2n) is 6.10. The van der Waals surface area contributed by atoms with Crippen LogP contribution in [0.5, 0.6) is 17.2 Å². The van der Waals surface area contributed by atoms with Crippen LogP contribution in [0.2, 0.25) is 0 Å². The first-order chi connectivity index (χ1) is 13.7. The van der Waals surface area contributed by atoms with Crippen molar-refractivity contribution in [3.63, 3.8) is 0 Å². The third-order valence-corrected chi connectivity index (χ3v) is 4.19. The summed E-state index contributed by atoms with van der Waals surface area (Å²) in [5.74, 6) is 1.73. The number of aromatic nitrogens is 1. The molecule has 0 saturated carbocycles. The van der Waals surface area contributed by atoms with Crippen molar-refractivity contribution in [2.24, 2.45) is 0 Å². The van der Waals surface area contributed by atoms with Gasteiger partial charge in [0.15, 0.2) is 11.5 Å². The average molecular weight is 377 g/mol. The number of fused-ring (bicyclic) bond motifs is 1. The minimum atomic E-state index is -0.275. The maximum atomic E-state index is 12.6. The van der Waals surface area contributed by atoms with Crippen molar-refractivity contribution in [2.75, 3.05) is 31.0 Å². The molecule has 2 aromatic carbocycles. The molecule has 2 N–H and O–H groups in total. The molecule has 0 saturated heterocycles. The molecule has 1 aromatic heterocycles. The number of para-hydroxylation sites is 2. The molecule has 0 spiro atoms. The average Bonchev–Trinajstić information content (AvgIpc) is 2.74. The van der Waals surface area contributed by atoms with Crippen molar-refractivity contribution >= 4 is 23.0 Å². The Morgan fingerprint density at radius 3 is 2.68 bits per heavy atom. The third-order valence-electron chi connectivity index (χ3n) is 4.19. The van der Waals surface area contributed by atoms with Crippen molar-refractivity contribution in [3.05, 3.63) is 66.5 Å². The lowest BCUT2D eigenvalue weighted by Crippen LogP contribution is -2.15. The van der Waals surface area contributed by atoms with Crippen LogP contribution in [0.15, 0.2) is 60.9 Å². The molecule has 1 aliphatic heterocycles.